The van der Waals surface area contributed by atoms with Crippen LogP contribution in [0.2, 0.25) is 0 Å². The minimum Gasteiger partial charge on any atom is -0.481 e. The molecule has 0 atom stereocenters. The van der Waals surface area contributed by atoms with Crippen molar-refractivity contribution in [3.8, 4) is 5.88 Å². The number of carboxylic acid groups (broad SMARTS) is 1. The van der Waals surface area contributed by atoms with Crippen molar-refractivity contribution in [2.45, 2.75) is 39.2 Å². The van der Waals surface area contributed by atoms with Crippen molar-refractivity contribution >= 4 is 11.9 Å². The number of aromatic nitrogens is 2. The smallest absolute Gasteiger partial charge is 0.303 e. The van der Waals surface area contributed by atoms with E-state index < -0.39 is 5.97 Å². The van der Waals surface area contributed by atoms with Crippen LogP contribution in [0.15, 0.2) is 12.3 Å². The first-order chi connectivity index (χ1) is 8.58. The molecule has 0 saturated carbocycles. The molecular formula is C12H19N3O3. The van der Waals surface area contributed by atoms with E-state index in [-0.39, 0.29) is 12.5 Å². The Morgan fingerprint density at radius 3 is 2.94 bits per heavy atom. The van der Waals surface area contributed by atoms with Crippen molar-refractivity contribution in [1.82, 2.24) is 9.97 Å². The lowest BCUT2D eigenvalue weighted by molar-refractivity contribution is -0.137. The highest BCUT2D eigenvalue weighted by Gasteiger charge is 2.02. The first-order valence-corrected chi connectivity index (χ1v) is 6.03. The molecule has 0 radical (unpaired) electrons. The number of carbonyl (C=O) groups is 1. The molecule has 6 nitrogen and oxygen atoms in total. The molecule has 1 aromatic heterocycles. The van der Waals surface area contributed by atoms with Gasteiger partial charge in [0.1, 0.15) is 0 Å². The standard InChI is InChI=1S/C12H19N3O3/c1-9(2)18-10-6-8-14-12(15-10)13-7-4-3-5-11(16)17/h6,8-9H,3-5,7H2,1-2H3,(H,16,17)(H,13,14,15). The lowest BCUT2D eigenvalue weighted by Gasteiger charge is -2.09. The van der Waals surface area contributed by atoms with Crippen molar-refractivity contribution in [3.63, 3.8) is 0 Å². The van der Waals surface area contributed by atoms with Gasteiger partial charge in [0, 0.05) is 25.2 Å². The molecule has 100 valence electrons. The molecule has 0 aromatic carbocycles. The van der Waals surface area contributed by atoms with Crippen molar-refractivity contribution in [1.29, 1.82) is 0 Å². The first kappa shape index (κ1) is 14.2. The van der Waals surface area contributed by atoms with Crippen LogP contribution in [-0.2, 0) is 4.79 Å². The van der Waals surface area contributed by atoms with Crippen LogP contribution in [0.3, 0.4) is 0 Å². The predicted octanol–water partition coefficient (Wildman–Crippen LogP) is 1.93. The van der Waals surface area contributed by atoms with Gasteiger partial charge in [-0.2, -0.15) is 4.98 Å². The number of hydrogen-bond donors (Lipinski definition) is 2. The van der Waals surface area contributed by atoms with Gasteiger partial charge in [-0.3, -0.25) is 4.79 Å². The van der Waals surface area contributed by atoms with E-state index in [1.807, 2.05) is 13.8 Å². The summed E-state index contributed by atoms with van der Waals surface area (Å²) >= 11 is 0. The summed E-state index contributed by atoms with van der Waals surface area (Å²) in [6.07, 6.45) is 3.31. The number of rotatable bonds is 8. The summed E-state index contributed by atoms with van der Waals surface area (Å²) in [4.78, 5) is 18.6. The Morgan fingerprint density at radius 1 is 1.50 bits per heavy atom. The van der Waals surface area contributed by atoms with Crippen LogP contribution in [0, 0.1) is 0 Å². The van der Waals surface area contributed by atoms with Gasteiger partial charge in [0.15, 0.2) is 0 Å². The number of anilines is 1. The number of carboxylic acids is 1. The fourth-order valence-electron chi connectivity index (χ4n) is 1.34. The van der Waals surface area contributed by atoms with E-state index in [2.05, 4.69) is 15.3 Å². The number of nitrogens with one attached hydrogen (secondary N) is 1. The molecule has 2 N–H and O–H groups in total. The van der Waals surface area contributed by atoms with Crippen LogP contribution in [0.25, 0.3) is 0 Å². The Hall–Kier alpha value is -1.85. The average Bonchev–Trinajstić information content (AvgIpc) is 2.27. The fourth-order valence-corrected chi connectivity index (χ4v) is 1.34. The van der Waals surface area contributed by atoms with Crippen molar-refractivity contribution in [3.05, 3.63) is 12.3 Å². The molecule has 1 rings (SSSR count). The Kier molecular flexibility index (Phi) is 5.90. The summed E-state index contributed by atoms with van der Waals surface area (Å²) in [5.41, 5.74) is 0. The lowest BCUT2D eigenvalue weighted by Crippen LogP contribution is -2.10. The van der Waals surface area contributed by atoms with Crippen molar-refractivity contribution < 1.29 is 14.6 Å². The number of ether oxygens (including phenoxy) is 1. The van der Waals surface area contributed by atoms with Gasteiger partial charge >= 0.3 is 5.97 Å². The van der Waals surface area contributed by atoms with Crippen LogP contribution >= 0.6 is 0 Å². The number of hydrogen-bond acceptors (Lipinski definition) is 5. The van der Waals surface area contributed by atoms with Crippen molar-refractivity contribution in [2.24, 2.45) is 0 Å². The van der Waals surface area contributed by atoms with Gasteiger partial charge in [0.25, 0.3) is 0 Å². The van der Waals surface area contributed by atoms with Gasteiger partial charge in [-0.15, -0.1) is 0 Å². The van der Waals surface area contributed by atoms with Crippen LogP contribution in [0.4, 0.5) is 5.95 Å². The lowest BCUT2D eigenvalue weighted by atomic mass is 10.2. The summed E-state index contributed by atoms with van der Waals surface area (Å²) in [6.45, 7) is 4.51. The number of aliphatic carboxylic acids is 1. The van der Waals surface area contributed by atoms with Gasteiger partial charge in [0.05, 0.1) is 6.10 Å². The Labute approximate surface area is 106 Å². The molecule has 6 heteroatoms. The van der Waals surface area contributed by atoms with E-state index in [1.165, 1.54) is 0 Å². The predicted molar refractivity (Wildman–Crippen MR) is 67.8 cm³/mol. The van der Waals surface area contributed by atoms with Gasteiger partial charge in [-0.25, -0.2) is 4.98 Å². The Balaban J connectivity index is 2.31. The largest absolute Gasteiger partial charge is 0.481 e. The normalized spacial score (nSPS) is 10.4. The minimum atomic E-state index is -0.765. The summed E-state index contributed by atoms with van der Waals surface area (Å²) in [7, 11) is 0. The zero-order valence-corrected chi connectivity index (χ0v) is 10.7. The number of unbranched alkanes of at least 4 members (excludes halogenated alkanes) is 1. The monoisotopic (exact) mass is 253 g/mol. The fraction of sp³-hybridized carbons (Fsp3) is 0.583. The van der Waals surface area contributed by atoms with Crippen LogP contribution < -0.4 is 10.1 Å². The van der Waals surface area contributed by atoms with Crippen LogP contribution in [-0.4, -0.2) is 33.7 Å². The third kappa shape index (κ3) is 6.03. The van der Waals surface area contributed by atoms with Crippen LogP contribution in [0.1, 0.15) is 33.1 Å². The van der Waals surface area contributed by atoms with E-state index in [0.29, 0.717) is 24.8 Å². The maximum absolute atomic E-state index is 10.3. The Bertz CT molecular complexity index is 383. The molecular weight excluding hydrogens is 234 g/mol. The van der Waals surface area contributed by atoms with Gasteiger partial charge in [-0.05, 0) is 26.7 Å². The molecule has 0 aliphatic heterocycles. The topological polar surface area (TPSA) is 84.3 Å². The minimum absolute atomic E-state index is 0.0725. The first-order valence-electron chi connectivity index (χ1n) is 6.03. The molecule has 0 aliphatic carbocycles. The molecule has 18 heavy (non-hydrogen) atoms. The van der Waals surface area contributed by atoms with Gasteiger partial charge in [-0.1, -0.05) is 0 Å². The molecule has 0 spiro atoms. The molecule has 0 unspecified atom stereocenters. The summed E-state index contributed by atoms with van der Waals surface area (Å²) in [6, 6.07) is 1.70. The third-order valence-corrected chi connectivity index (χ3v) is 2.09. The zero-order chi connectivity index (χ0) is 13.4. The van der Waals surface area contributed by atoms with E-state index >= 15 is 0 Å². The van der Waals surface area contributed by atoms with Crippen LogP contribution in [0.5, 0.6) is 5.88 Å². The summed E-state index contributed by atoms with van der Waals surface area (Å²) < 4.78 is 5.44. The van der Waals surface area contributed by atoms with Crippen molar-refractivity contribution in [2.75, 3.05) is 11.9 Å². The highest BCUT2D eigenvalue weighted by Crippen LogP contribution is 2.10. The van der Waals surface area contributed by atoms with E-state index in [4.69, 9.17) is 9.84 Å². The van der Waals surface area contributed by atoms with Gasteiger partial charge in [0.2, 0.25) is 11.8 Å². The maximum Gasteiger partial charge on any atom is 0.303 e. The molecule has 0 aliphatic rings. The maximum atomic E-state index is 10.3. The summed E-state index contributed by atoms with van der Waals surface area (Å²) in [5.74, 6) is 0.273. The SMILES string of the molecule is CC(C)Oc1ccnc(NCCCCC(=O)O)n1. The zero-order valence-electron chi connectivity index (χ0n) is 10.7. The third-order valence-electron chi connectivity index (χ3n) is 2.09. The summed E-state index contributed by atoms with van der Waals surface area (Å²) in [5, 5.41) is 11.5. The second kappa shape index (κ2) is 7.47. The molecule has 0 saturated heterocycles. The van der Waals surface area contributed by atoms with E-state index in [9.17, 15) is 4.79 Å². The Morgan fingerprint density at radius 2 is 2.28 bits per heavy atom. The highest BCUT2D eigenvalue weighted by atomic mass is 16.5. The average molecular weight is 253 g/mol. The molecule has 0 amide bonds. The van der Waals surface area contributed by atoms with E-state index in [1.54, 1.807) is 12.3 Å². The second-order valence-electron chi connectivity index (χ2n) is 4.16. The molecule has 1 aromatic rings. The van der Waals surface area contributed by atoms with E-state index in [0.717, 1.165) is 6.42 Å². The quantitative estimate of drug-likeness (QED) is 0.689. The molecule has 0 bridgehead atoms. The highest BCUT2D eigenvalue weighted by molar-refractivity contribution is 5.66. The number of nitrogens with zero attached hydrogens (tertiary/aromatic N) is 2. The van der Waals surface area contributed by atoms with Gasteiger partial charge < -0.3 is 15.2 Å². The molecule has 0 fully saturated rings. The second-order valence-corrected chi connectivity index (χ2v) is 4.16. The molecule has 1 heterocycles.